The fourth-order valence-electron chi connectivity index (χ4n) is 3.97. The Kier molecular flexibility index (Phi) is 5.19. The zero-order valence-corrected chi connectivity index (χ0v) is 16.1. The number of para-hydroxylation sites is 1. The van der Waals surface area contributed by atoms with E-state index in [0.29, 0.717) is 19.6 Å². The lowest BCUT2D eigenvalue weighted by Crippen LogP contribution is -2.50. The Hall–Kier alpha value is -3.02. The molecule has 0 spiro atoms. The molecule has 6 heteroatoms. The normalized spacial score (nSPS) is 19.8. The van der Waals surface area contributed by atoms with Crippen LogP contribution in [0.3, 0.4) is 0 Å². The first-order chi connectivity index (χ1) is 13.7. The van der Waals surface area contributed by atoms with Crippen molar-refractivity contribution < 1.29 is 14.3 Å². The first-order valence-electron chi connectivity index (χ1n) is 9.69. The number of rotatable bonds is 4. The minimum Gasteiger partial charge on any atom is -0.497 e. The number of anilines is 2. The lowest BCUT2D eigenvalue weighted by atomic mass is 10.1. The van der Waals surface area contributed by atoms with E-state index in [1.165, 1.54) is 5.69 Å². The van der Waals surface area contributed by atoms with Gasteiger partial charge in [0.15, 0.2) is 0 Å². The summed E-state index contributed by atoms with van der Waals surface area (Å²) in [4.78, 5) is 31.4. The van der Waals surface area contributed by atoms with Crippen LogP contribution in [0, 0.1) is 5.92 Å². The van der Waals surface area contributed by atoms with Gasteiger partial charge < -0.3 is 19.4 Å². The van der Waals surface area contributed by atoms with Crippen molar-refractivity contribution in [2.24, 2.45) is 5.92 Å². The van der Waals surface area contributed by atoms with Crippen LogP contribution in [0.5, 0.6) is 5.75 Å². The lowest BCUT2D eigenvalue weighted by molar-refractivity contribution is -0.136. The molecule has 0 bridgehead atoms. The van der Waals surface area contributed by atoms with Crippen LogP contribution in [0.4, 0.5) is 11.4 Å². The van der Waals surface area contributed by atoms with Gasteiger partial charge in [-0.2, -0.15) is 0 Å². The number of amides is 2. The van der Waals surface area contributed by atoms with Gasteiger partial charge in [-0.3, -0.25) is 9.59 Å². The molecule has 0 aromatic heterocycles. The van der Waals surface area contributed by atoms with Crippen LogP contribution >= 0.6 is 0 Å². The fraction of sp³-hybridized carbons (Fsp3) is 0.364. The van der Waals surface area contributed by atoms with Crippen LogP contribution in [0.1, 0.15) is 6.42 Å². The van der Waals surface area contributed by atoms with Crippen LogP contribution in [0.25, 0.3) is 0 Å². The molecular weight excluding hydrogens is 354 g/mol. The van der Waals surface area contributed by atoms with Crippen LogP contribution in [0.2, 0.25) is 0 Å². The fourth-order valence-corrected chi connectivity index (χ4v) is 3.97. The first kappa shape index (κ1) is 18.3. The molecule has 0 N–H and O–H groups in total. The predicted molar refractivity (Wildman–Crippen MR) is 109 cm³/mol. The molecule has 2 aromatic rings. The van der Waals surface area contributed by atoms with Gasteiger partial charge >= 0.3 is 0 Å². The van der Waals surface area contributed by atoms with Crippen LogP contribution in [-0.4, -0.2) is 56.5 Å². The number of methoxy groups -OCH3 is 1. The third-order valence-corrected chi connectivity index (χ3v) is 5.57. The average molecular weight is 379 g/mol. The van der Waals surface area contributed by atoms with Gasteiger partial charge in [-0.25, -0.2) is 0 Å². The number of ether oxygens (including phenoxy) is 1. The van der Waals surface area contributed by atoms with Gasteiger partial charge in [-0.05, 0) is 36.4 Å². The molecule has 28 heavy (non-hydrogen) atoms. The maximum Gasteiger partial charge on any atom is 0.228 e. The second-order valence-corrected chi connectivity index (χ2v) is 7.25. The average Bonchev–Trinajstić information content (AvgIpc) is 3.15. The molecule has 146 valence electrons. The number of carbonyl (C=O) groups is 2. The van der Waals surface area contributed by atoms with Crippen molar-refractivity contribution in [3.8, 4) is 5.75 Å². The Morgan fingerprint density at radius 3 is 2.25 bits per heavy atom. The van der Waals surface area contributed by atoms with Gasteiger partial charge in [0.05, 0.1) is 13.0 Å². The Morgan fingerprint density at radius 1 is 0.929 bits per heavy atom. The molecule has 6 nitrogen and oxygen atoms in total. The van der Waals surface area contributed by atoms with E-state index in [1.807, 2.05) is 47.4 Å². The second kappa shape index (κ2) is 7.92. The number of carbonyl (C=O) groups excluding carboxylic acids is 2. The first-order valence-corrected chi connectivity index (χ1v) is 9.69. The van der Waals surface area contributed by atoms with Crippen LogP contribution < -0.4 is 14.5 Å². The van der Waals surface area contributed by atoms with Crippen molar-refractivity contribution in [3.63, 3.8) is 0 Å². The summed E-state index contributed by atoms with van der Waals surface area (Å²) in [6.07, 6.45) is 0.282. The molecule has 2 aromatic carbocycles. The van der Waals surface area contributed by atoms with E-state index >= 15 is 0 Å². The molecule has 1 atom stereocenters. The Labute approximate surface area is 165 Å². The maximum absolute atomic E-state index is 13.0. The predicted octanol–water partition coefficient (Wildman–Crippen LogP) is 2.40. The zero-order valence-electron chi connectivity index (χ0n) is 16.1. The Bertz CT molecular complexity index is 830. The van der Waals surface area contributed by atoms with Crippen molar-refractivity contribution in [3.05, 3.63) is 54.6 Å². The molecule has 2 amide bonds. The molecular formula is C22H25N3O3. The SMILES string of the molecule is COc1ccc(N2CC(C(=O)N3CCN(c4ccccc4)CC3)CC2=O)cc1. The molecule has 2 aliphatic heterocycles. The van der Waals surface area contributed by atoms with Crippen molar-refractivity contribution >= 4 is 23.2 Å². The highest BCUT2D eigenvalue weighted by atomic mass is 16.5. The molecule has 2 saturated heterocycles. The van der Waals surface area contributed by atoms with Gasteiger partial charge in [0.1, 0.15) is 5.75 Å². The summed E-state index contributed by atoms with van der Waals surface area (Å²) in [7, 11) is 1.61. The topological polar surface area (TPSA) is 53.1 Å². The molecule has 1 unspecified atom stereocenters. The standard InChI is InChI=1S/C22H25N3O3/c1-28-20-9-7-19(8-10-20)25-16-17(15-21(25)26)22(27)24-13-11-23(12-14-24)18-5-3-2-4-6-18/h2-10,17H,11-16H2,1H3. The quantitative estimate of drug-likeness (QED) is 0.819. The third-order valence-electron chi connectivity index (χ3n) is 5.57. The highest BCUT2D eigenvalue weighted by Gasteiger charge is 2.37. The lowest BCUT2D eigenvalue weighted by Gasteiger charge is -2.37. The molecule has 0 saturated carbocycles. The summed E-state index contributed by atoms with van der Waals surface area (Å²) in [6, 6.07) is 17.7. The number of benzene rings is 2. The van der Waals surface area contributed by atoms with Gasteiger partial charge in [0.25, 0.3) is 0 Å². The van der Waals surface area contributed by atoms with E-state index in [1.54, 1.807) is 12.0 Å². The Balaban J connectivity index is 1.36. The van der Waals surface area contributed by atoms with Crippen molar-refractivity contribution in [2.75, 3.05) is 49.6 Å². The van der Waals surface area contributed by atoms with Crippen molar-refractivity contribution in [1.29, 1.82) is 0 Å². The monoisotopic (exact) mass is 379 g/mol. The van der Waals surface area contributed by atoms with E-state index in [9.17, 15) is 9.59 Å². The van der Waals surface area contributed by atoms with Gasteiger partial charge in [0, 0.05) is 50.5 Å². The molecule has 0 aliphatic carbocycles. The number of nitrogens with zero attached hydrogens (tertiary/aromatic N) is 3. The zero-order chi connectivity index (χ0) is 19.5. The van der Waals surface area contributed by atoms with Crippen LogP contribution in [0.15, 0.2) is 54.6 Å². The van der Waals surface area contributed by atoms with Gasteiger partial charge in [-0.15, -0.1) is 0 Å². The largest absolute Gasteiger partial charge is 0.497 e. The highest BCUT2D eigenvalue weighted by Crippen LogP contribution is 2.28. The van der Waals surface area contributed by atoms with E-state index in [4.69, 9.17) is 4.74 Å². The molecule has 4 rings (SSSR count). The van der Waals surface area contributed by atoms with Gasteiger partial charge in [-0.1, -0.05) is 18.2 Å². The molecule has 2 heterocycles. The summed E-state index contributed by atoms with van der Waals surface area (Å²) < 4.78 is 5.17. The van der Waals surface area contributed by atoms with E-state index in [0.717, 1.165) is 24.5 Å². The summed E-state index contributed by atoms with van der Waals surface area (Å²) in [5.74, 6) is 0.584. The van der Waals surface area contributed by atoms with Crippen LogP contribution in [-0.2, 0) is 9.59 Å². The highest BCUT2D eigenvalue weighted by molar-refractivity contribution is 6.00. The van der Waals surface area contributed by atoms with Gasteiger partial charge in [0.2, 0.25) is 11.8 Å². The summed E-state index contributed by atoms with van der Waals surface area (Å²) >= 11 is 0. The molecule has 2 aliphatic rings. The second-order valence-electron chi connectivity index (χ2n) is 7.25. The van der Waals surface area contributed by atoms with Crippen molar-refractivity contribution in [2.45, 2.75) is 6.42 Å². The number of piperazine rings is 1. The molecule has 0 radical (unpaired) electrons. The third kappa shape index (κ3) is 3.67. The number of hydrogen-bond donors (Lipinski definition) is 0. The summed E-state index contributed by atoms with van der Waals surface area (Å²) in [5, 5.41) is 0. The Morgan fingerprint density at radius 2 is 1.61 bits per heavy atom. The van der Waals surface area contributed by atoms with Crippen molar-refractivity contribution in [1.82, 2.24) is 4.90 Å². The minimum atomic E-state index is -0.266. The summed E-state index contributed by atoms with van der Waals surface area (Å²) in [5.41, 5.74) is 2.01. The van der Waals surface area contributed by atoms with E-state index < -0.39 is 0 Å². The van der Waals surface area contributed by atoms with E-state index in [2.05, 4.69) is 17.0 Å². The minimum absolute atomic E-state index is 0.00596. The maximum atomic E-state index is 13.0. The van der Waals surface area contributed by atoms with E-state index in [-0.39, 0.29) is 24.2 Å². The number of hydrogen-bond acceptors (Lipinski definition) is 4. The summed E-state index contributed by atoms with van der Waals surface area (Å²) in [6.45, 7) is 3.47. The smallest absolute Gasteiger partial charge is 0.228 e. The molecule has 2 fully saturated rings.